The number of piperidine rings is 1. The summed E-state index contributed by atoms with van der Waals surface area (Å²) in [4.78, 5) is 9.57. The predicted molar refractivity (Wildman–Crippen MR) is 94.8 cm³/mol. The van der Waals surface area contributed by atoms with Crippen molar-refractivity contribution in [3.05, 3.63) is 24.4 Å². The molecule has 1 atom stereocenters. The minimum Gasteiger partial charge on any atom is -0.381 e. The van der Waals surface area contributed by atoms with E-state index in [4.69, 9.17) is 4.74 Å². The normalized spacial score (nSPS) is 23.4. The molecule has 2 saturated heterocycles. The van der Waals surface area contributed by atoms with Crippen LogP contribution in [0.4, 0.5) is 5.82 Å². The van der Waals surface area contributed by atoms with Gasteiger partial charge in [-0.25, -0.2) is 4.98 Å². The van der Waals surface area contributed by atoms with Crippen LogP contribution in [0.15, 0.2) is 24.4 Å². The molecule has 0 unspecified atom stereocenters. The molecule has 2 fully saturated rings. The molecule has 128 valence electrons. The molecule has 0 aliphatic carbocycles. The Morgan fingerprint density at radius 3 is 2.65 bits per heavy atom. The summed E-state index contributed by atoms with van der Waals surface area (Å²) in [6.45, 7) is 10.2. The Morgan fingerprint density at radius 2 is 2.00 bits per heavy atom. The average Bonchev–Trinajstić information content (AvgIpc) is 2.63. The SMILES string of the molecule is CCN(CC1CCN(c2ccccn2)CC1)C[C@@H]1CCCOC1. The van der Waals surface area contributed by atoms with Crippen LogP contribution in [0.1, 0.15) is 32.6 Å². The number of aromatic nitrogens is 1. The number of nitrogens with zero attached hydrogens (tertiary/aromatic N) is 3. The van der Waals surface area contributed by atoms with E-state index in [1.807, 2.05) is 12.3 Å². The van der Waals surface area contributed by atoms with E-state index in [9.17, 15) is 0 Å². The van der Waals surface area contributed by atoms with Gasteiger partial charge >= 0.3 is 0 Å². The molecule has 2 aliphatic rings. The highest BCUT2D eigenvalue weighted by Gasteiger charge is 2.23. The van der Waals surface area contributed by atoms with E-state index in [0.29, 0.717) is 0 Å². The number of hydrogen-bond donors (Lipinski definition) is 0. The van der Waals surface area contributed by atoms with Gasteiger partial charge in [-0.05, 0) is 56.2 Å². The summed E-state index contributed by atoms with van der Waals surface area (Å²) in [5.41, 5.74) is 0. The maximum absolute atomic E-state index is 5.64. The summed E-state index contributed by atoms with van der Waals surface area (Å²) in [7, 11) is 0. The van der Waals surface area contributed by atoms with Gasteiger partial charge in [-0.1, -0.05) is 13.0 Å². The van der Waals surface area contributed by atoms with Crippen molar-refractivity contribution in [2.24, 2.45) is 11.8 Å². The van der Waals surface area contributed by atoms with Crippen LogP contribution < -0.4 is 4.90 Å². The third kappa shape index (κ3) is 4.92. The van der Waals surface area contributed by atoms with Crippen LogP contribution in [-0.4, -0.2) is 55.8 Å². The van der Waals surface area contributed by atoms with Gasteiger partial charge in [0.05, 0.1) is 6.61 Å². The van der Waals surface area contributed by atoms with E-state index in [0.717, 1.165) is 50.5 Å². The number of rotatable bonds is 6. The topological polar surface area (TPSA) is 28.6 Å². The molecule has 0 N–H and O–H groups in total. The van der Waals surface area contributed by atoms with Crippen LogP contribution in [0.3, 0.4) is 0 Å². The van der Waals surface area contributed by atoms with Crippen LogP contribution in [0, 0.1) is 11.8 Å². The summed E-state index contributed by atoms with van der Waals surface area (Å²) in [5.74, 6) is 2.72. The highest BCUT2D eigenvalue weighted by Crippen LogP contribution is 2.23. The Kier molecular flexibility index (Phi) is 6.29. The maximum atomic E-state index is 5.64. The quantitative estimate of drug-likeness (QED) is 0.806. The summed E-state index contributed by atoms with van der Waals surface area (Å²) in [6.07, 6.45) is 7.05. The van der Waals surface area contributed by atoms with Gasteiger partial charge in [-0.3, -0.25) is 0 Å². The Balaban J connectivity index is 1.43. The van der Waals surface area contributed by atoms with E-state index in [-0.39, 0.29) is 0 Å². The van der Waals surface area contributed by atoms with Gasteiger partial charge in [-0.2, -0.15) is 0 Å². The van der Waals surface area contributed by atoms with Gasteiger partial charge in [0.25, 0.3) is 0 Å². The van der Waals surface area contributed by atoms with Gasteiger partial charge in [0.1, 0.15) is 5.82 Å². The van der Waals surface area contributed by atoms with E-state index in [1.165, 1.54) is 38.8 Å². The monoisotopic (exact) mass is 317 g/mol. The Labute approximate surface area is 140 Å². The summed E-state index contributed by atoms with van der Waals surface area (Å²) < 4.78 is 5.64. The van der Waals surface area contributed by atoms with Gasteiger partial charge in [0.15, 0.2) is 0 Å². The summed E-state index contributed by atoms with van der Waals surface area (Å²) in [6, 6.07) is 6.20. The molecular formula is C19H31N3O. The molecule has 0 spiro atoms. The van der Waals surface area contributed by atoms with Crippen LogP contribution in [0.5, 0.6) is 0 Å². The van der Waals surface area contributed by atoms with E-state index >= 15 is 0 Å². The molecule has 3 rings (SSSR count). The fourth-order valence-electron chi connectivity index (χ4n) is 3.90. The lowest BCUT2D eigenvalue weighted by molar-refractivity contribution is 0.0362. The first-order valence-corrected chi connectivity index (χ1v) is 9.31. The van der Waals surface area contributed by atoms with Crippen molar-refractivity contribution in [2.45, 2.75) is 32.6 Å². The van der Waals surface area contributed by atoms with Gasteiger partial charge in [-0.15, -0.1) is 0 Å². The van der Waals surface area contributed by atoms with Crippen molar-refractivity contribution in [2.75, 3.05) is 50.8 Å². The lowest BCUT2D eigenvalue weighted by Crippen LogP contribution is -2.41. The van der Waals surface area contributed by atoms with Crippen molar-refractivity contribution in [1.29, 1.82) is 0 Å². The summed E-state index contributed by atoms with van der Waals surface area (Å²) >= 11 is 0. The highest BCUT2D eigenvalue weighted by molar-refractivity contribution is 5.37. The molecule has 2 aliphatic heterocycles. The zero-order valence-electron chi connectivity index (χ0n) is 14.5. The fraction of sp³-hybridized carbons (Fsp3) is 0.737. The minimum absolute atomic E-state index is 0.748. The predicted octanol–water partition coefficient (Wildman–Crippen LogP) is 3.05. The smallest absolute Gasteiger partial charge is 0.128 e. The van der Waals surface area contributed by atoms with Crippen LogP contribution in [0.2, 0.25) is 0 Å². The fourth-order valence-corrected chi connectivity index (χ4v) is 3.90. The van der Waals surface area contributed by atoms with Crippen molar-refractivity contribution >= 4 is 5.82 Å². The second-order valence-corrected chi connectivity index (χ2v) is 7.05. The summed E-state index contributed by atoms with van der Waals surface area (Å²) in [5, 5.41) is 0. The Morgan fingerprint density at radius 1 is 1.17 bits per heavy atom. The largest absolute Gasteiger partial charge is 0.381 e. The Hall–Kier alpha value is -1.13. The van der Waals surface area contributed by atoms with E-state index < -0.39 is 0 Å². The number of anilines is 1. The number of ether oxygens (including phenoxy) is 1. The second kappa shape index (κ2) is 8.65. The molecule has 23 heavy (non-hydrogen) atoms. The molecule has 0 bridgehead atoms. The molecule has 0 radical (unpaired) electrons. The molecule has 4 nitrogen and oxygen atoms in total. The molecule has 1 aromatic heterocycles. The van der Waals surface area contributed by atoms with Crippen LogP contribution in [-0.2, 0) is 4.74 Å². The van der Waals surface area contributed by atoms with Crippen LogP contribution in [0.25, 0.3) is 0 Å². The zero-order valence-corrected chi connectivity index (χ0v) is 14.5. The first kappa shape index (κ1) is 16.7. The first-order valence-electron chi connectivity index (χ1n) is 9.31. The molecule has 0 aromatic carbocycles. The molecule has 0 saturated carbocycles. The van der Waals surface area contributed by atoms with Crippen molar-refractivity contribution < 1.29 is 4.74 Å². The minimum atomic E-state index is 0.748. The van der Waals surface area contributed by atoms with E-state index in [2.05, 4.69) is 33.8 Å². The van der Waals surface area contributed by atoms with Crippen molar-refractivity contribution in [3.8, 4) is 0 Å². The highest BCUT2D eigenvalue weighted by atomic mass is 16.5. The van der Waals surface area contributed by atoms with Gasteiger partial charge in [0.2, 0.25) is 0 Å². The lowest BCUT2D eigenvalue weighted by atomic mass is 9.95. The van der Waals surface area contributed by atoms with Gasteiger partial charge in [0, 0.05) is 39.0 Å². The second-order valence-electron chi connectivity index (χ2n) is 7.05. The van der Waals surface area contributed by atoms with Crippen LogP contribution >= 0.6 is 0 Å². The van der Waals surface area contributed by atoms with Crippen molar-refractivity contribution in [3.63, 3.8) is 0 Å². The number of pyridine rings is 1. The maximum Gasteiger partial charge on any atom is 0.128 e. The van der Waals surface area contributed by atoms with Crippen molar-refractivity contribution in [1.82, 2.24) is 9.88 Å². The number of hydrogen-bond acceptors (Lipinski definition) is 4. The molecule has 1 aromatic rings. The third-order valence-electron chi connectivity index (χ3n) is 5.32. The third-order valence-corrected chi connectivity index (χ3v) is 5.32. The first-order chi connectivity index (χ1) is 11.3. The standard InChI is InChI=1S/C19H31N3O/c1-2-21(15-18-6-5-13-23-16-18)14-17-8-11-22(12-9-17)19-7-3-4-10-20-19/h3-4,7,10,17-18H,2,5-6,8-9,11-16H2,1H3/t18-/m0/s1. The molecule has 4 heteroatoms. The van der Waals surface area contributed by atoms with Gasteiger partial charge < -0.3 is 14.5 Å². The molecule has 3 heterocycles. The Bertz CT molecular complexity index is 439. The zero-order chi connectivity index (χ0) is 15.9. The van der Waals surface area contributed by atoms with E-state index in [1.54, 1.807) is 0 Å². The molecule has 0 amide bonds. The molecular weight excluding hydrogens is 286 g/mol. The average molecular weight is 317 g/mol. The lowest BCUT2D eigenvalue weighted by Gasteiger charge is -2.36.